The lowest BCUT2D eigenvalue weighted by atomic mass is 10.2. The standard InChI is InChI=1S/C10H13NO3/c1-7-5-4-6-9(12)11(7)8(2)10(13)14-3/h4-6,8H,1-3H3. The Morgan fingerprint density at radius 3 is 2.64 bits per heavy atom. The summed E-state index contributed by atoms with van der Waals surface area (Å²) in [7, 11) is 1.31. The number of aryl methyl sites for hydroxylation is 1. The van der Waals surface area contributed by atoms with E-state index in [1.807, 2.05) is 0 Å². The number of rotatable bonds is 2. The lowest BCUT2D eigenvalue weighted by Crippen LogP contribution is -2.29. The number of esters is 1. The Labute approximate surface area is 82.1 Å². The van der Waals surface area contributed by atoms with Gasteiger partial charge in [0, 0.05) is 11.8 Å². The van der Waals surface area contributed by atoms with Crippen LogP contribution >= 0.6 is 0 Å². The predicted octanol–water partition coefficient (Wildman–Crippen LogP) is 0.891. The van der Waals surface area contributed by atoms with E-state index in [0.717, 1.165) is 5.69 Å². The van der Waals surface area contributed by atoms with Crippen LogP contribution in [0.5, 0.6) is 0 Å². The zero-order chi connectivity index (χ0) is 10.7. The first-order valence-corrected chi connectivity index (χ1v) is 4.34. The maximum absolute atomic E-state index is 11.5. The molecule has 0 spiro atoms. The number of methoxy groups -OCH3 is 1. The lowest BCUT2D eigenvalue weighted by molar-refractivity contribution is -0.144. The number of nitrogens with zero attached hydrogens (tertiary/aromatic N) is 1. The monoisotopic (exact) mass is 195 g/mol. The molecule has 0 bridgehead atoms. The van der Waals surface area contributed by atoms with Crippen molar-refractivity contribution in [2.75, 3.05) is 7.11 Å². The normalized spacial score (nSPS) is 12.2. The maximum Gasteiger partial charge on any atom is 0.328 e. The Bertz CT molecular complexity index is 395. The van der Waals surface area contributed by atoms with E-state index in [9.17, 15) is 9.59 Å². The molecular weight excluding hydrogens is 182 g/mol. The van der Waals surface area contributed by atoms with Crippen LogP contribution in [0.15, 0.2) is 23.0 Å². The van der Waals surface area contributed by atoms with Gasteiger partial charge in [0.05, 0.1) is 7.11 Å². The Hall–Kier alpha value is -1.58. The van der Waals surface area contributed by atoms with Crippen molar-refractivity contribution in [3.8, 4) is 0 Å². The Kier molecular flexibility index (Phi) is 3.06. The van der Waals surface area contributed by atoms with Gasteiger partial charge in [-0.1, -0.05) is 6.07 Å². The first-order chi connectivity index (χ1) is 6.57. The van der Waals surface area contributed by atoms with Crippen LogP contribution in [-0.4, -0.2) is 17.6 Å². The number of pyridine rings is 1. The van der Waals surface area contributed by atoms with E-state index in [-0.39, 0.29) is 5.56 Å². The second-order valence-corrected chi connectivity index (χ2v) is 3.07. The minimum atomic E-state index is -0.575. The van der Waals surface area contributed by atoms with E-state index < -0.39 is 12.0 Å². The molecule has 1 heterocycles. The van der Waals surface area contributed by atoms with Crippen molar-refractivity contribution in [1.29, 1.82) is 0 Å². The van der Waals surface area contributed by atoms with Gasteiger partial charge >= 0.3 is 5.97 Å². The van der Waals surface area contributed by atoms with E-state index in [4.69, 9.17) is 0 Å². The highest BCUT2D eigenvalue weighted by Crippen LogP contribution is 2.07. The molecule has 0 aliphatic heterocycles. The van der Waals surface area contributed by atoms with E-state index in [1.54, 1.807) is 26.0 Å². The van der Waals surface area contributed by atoms with Crippen molar-refractivity contribution in [2.24, 2.45) is 0 Å². The molecule has 0 saturated heterocycles. The zero-order valence-corrected chi connectivity index (χ0v) is 8.48. The van der Waals surface area contributed by atoms with Gasteiger partial charge < -0.3 is 4.74 Å². The lowest BCUT2D eigenvalue weighted by Gasteiger charge is -2.15. The molecule has 0 aromatic carbocycles. The first-order valence-electron chi connectivity index (χ1n) is 4.34. The van der Waals surface area contributed by atoms with Gasteiger partial charge in [-0.3, -0.25) is 9.36 Å². The summed E-state index contributed by atoms with van der Waals surface area (Å²) < 4.78 is 5.99. The van der Waals surface area contributed by atoms with Crippen molar-refractivity contribution in [3.63, 3.8) is 0 Å². The average Bonchev–Trinajstić information content (AvgIpc) is 2.16. The van der Waals surface area contributed by atoms with Gasteiger partial charge in [0.1, 0.15) is 6.04 Å². The molecule has 1 rings (SSSR count). The Morgan fingerprint density at radius 2 is 2.14 bits per heavy atom. The van der Waals surface area contributed by atoms with Crippen molar-refractivity contribution in [2.45, 2.75) is 19.9 Å². The summed E-state index contributed by atoms with van der Waals surface area (Å²) in [5.74, 6) is -0.415. The van der Waals surface area contributed by atoms with Gasteiger partial charge in [-0.25, -0.2) is 4.79 Å². The van der Waals surface area contributed by atoms with Gasteiger partial charge in [-0.15, -0.1) is 0 Å². The SMILES string of the molecule is COC(=O)C(C)n1c(C)cccc1=O. The van der Waals surface area contributed by atoms with Gasteiger partial charge in [-0.05, 0) is 19.9 Å². The van der Waals surface area contributed by atoms with Gasteiger partial charge in [-0.2, -0.15) is 0 Å². The van der Waals surface area contributed by atoms with Crippen LogP contribution in [0.3, 0.4) is 0 Å². The molecule has 1 unspecified atom stereocenters. The average molecular weight is 195 g/mol. The Balaban J connectivity index is 3.19. The van der Waals surface area contributed by atoms with Gasteiger partial charge in [0.15, 0.2) is 0 Å². The number of hydrogen-bond acceptors (Lipinski definition) is 3. The molecule has 4 nitrogen and oxygen atoms in total. The summed E-state index contributed by atoms with van der Waals surface area (Å²) in [5.41, 5.74) is 0.554. The highest BCUT2D eigenvalue weighted by molar-refractivity contribution is 5.73. The van der Waals surface area contributed by atoms with Crippen molar-refractivity contribution in [1.82, 2.24) is 4.57 Å². The molecule has 76 valence electrons. The van der Waals surface area contributed by atoms with Crippen LogP contribution in [0.4, 0.5) is 0 Å². The number of aromatic nitrogens is 1. The molecule has 0 amide bonds. The van der Waals surface area contributed by atoms with E-state index in [2.05, 4.69) is 4.74 Å². The minimum absolute atomic E-state index is 0.192. The summed E-state index contributed by atoms with van der Waals surface area (Å²) in [6.45, 7) is 3.42. The van der Waals surface area contributed by atoms with E-state index in [0.29, 0.717) is 0 Å². The number of hydrogen-bond donors (Lipinski definition) is 0. The van der Waals surface area contributed by atoms with Crippen LogP contribution in [0.25, 0.3) is 0 Å². The van der Waals surface area contributed by atoms with Crippen LogP contribution in [0.1, 0.15) is 18.7 Å². The summed E-state index contributed by atoms with van der Waals surface area (Å²) in [4.78, 5) is 22.7. The molecule has 4 heteroatoms. The first kappa shape index (κ1) is 10.5. The third-order valence-electron chi connectivity index (χ3n) is 2.12. The van der Waals surface area contributed by atoms with Crippen molar-refractivity contribution in [3.05, 3.63) is 34.2 Å². The molecule has 0 radical (unpaired) electrons. The quantitative estimate of drug-likeness (QED) is 0.658. The summed E-state index contributed by atoms with van der Waals surface area (Å²) in [6.07, 6.45) is 0. The molecule has 1 atom stereocenters. The molecule has 0 aliphatic rings. The van der Waals surface area contributed by atoms with E-state index in [1.165, 1.54) is 17.7 Å². The molecule has 0 saturated carbocycles. The minimum Gasteiger partial charge on any atom is -0.467 e. The number of carbonyl (C=O) groups excluding carboxylic acids is 1. The highest BCUT2D eigenvalue weighted by atomic mass is 16.5. The molecule has 1 aromatic rings. The Morgan fingerprint density at radius 1 is 1.50 bits per heavy atom. The molecule has 0 aliphatic carbocycles. The van der Waals surface area contributed by atoms with Gasteiger partial charge in [0.2, 0.25) is 0 Å². The fourth-order valence-electron chi connectivity index (χ4n) is 1.38. The van der Waals surface area contributed by atoms with Crippen LogP contribution in [0, 0.1) is 6.92 Å². The second kappa shape index (κ2) is 4.09. The summed E-state index contributed by atoms with van der Waals surface area (Å²) >= 11 is 0. The molecule has 14 heavy (non-hydrogen) atoms. The highest BCUT2D eigenvalue weighted by Gasteiger charge is 2.17. The third kappa shape index (κ3) is 1.84. The summed E-state index contributed by atoms with van der Waals surface area (Å²) in [6, 6.07) is 4.29. The van der Waals surface area contributed by atoms with Gasteiger partial charge in [0.25, 0.3) is 5.56 Å². The second-order valence-electron chi connectivity index (χ2n) is 3.07. The van der Waals surface area contributed by atoms with Crippen molar-refractivity contribution < 1.29 is 9.53 Å². The van der Waals surface area contributed by atoms with Crippen molar-refractivity contribution >= 4 is 5.97 Å². The number of ether oxygens (including phenoxy) is 1. The molecular formula is C10H13NO3. The maximum atomic E-state index is 11.5. The smallest absolute Gasteiger partial charge is 0.328 e. The zero-order valence-electron chi connectivity index (χ0n) is 8.48. The summed E-state index contributed by atoms with van der Waals surface area (Å²) in [5, 5.41) is 0. The number of carbonyl (C=O) groups is 1. The van der Waals surface area contributed by atoms with Crippen LogP contribution < -0.4 is 5.56 Å². The molecule has 0 fully saturated rings. The fourth-order valence-corrected chi connectivity index (χ4v) is 1.38. The largest absolute Gasteiger partial charge is 0.467 e. The predicted molar refractivity (Wildman–Crippen MR) is 52.2 cm³/mol. The third-order valence-corrected chi connectivity index (χ3v) is 2.12. The molecule has 1 aromatic heterocycles. The fraction of sp³-hybridized carbons (Fsp3) is 0.400. The molecule has 0 N–H and O–H groups in total. The van der Waals surface area contributed by atoms with Crippen LogP contribution in [0.2, 0.25) is 0 Å². The topological polar surface area (TPSA) is 48.3 Å². The van der Waals surface area contributed by atoms with Crippen LogP contribution in [-0.2, 0) is 9.53 Å². The van der Waals surface area contributed by atoms with E-state index >= 15 is 0 Å².